The molecule has 3 aromatic rings. The maximum absolute atomic E-state index is 12.7. The average Bonchev–Trinajstić information content (AvgIpc) is 2.77. The molecule has 0 radical (unpaired) electrons. The van der Waals surface area contributed by atoms with E-state index in [4.69, 9.17) is 4.74 Å². The summed E-state index contributed by atoms with van der Waals surface area (Å²) in [5.41, 5.74) is -0.0690. The normalized spacial score (nSPS) is 11.0. The number of alkyl halides is 3. The van der Waals surface area contributed by atoms with Gasteiger partial charge in [0.15, 0.2) is 0 Å². The van der Waals surface area contributed by atoms with Crippen molar-refractivity contribution in [3.8, 4) is 5.75 Å². The number of nitro groups is 1. The van der Waals surface area contributed by atoms with Crippen molar-refractivity contribution in [3.63, 3.8) is 0 Å². The van der Waals surface area contributed by atoms with Crippen molar-refractivity contribution in [2.24, 2.45) is 0 Å². The van der Waals surface area contributed by atoms with E-state index in [1.165, 1.54) is 19.2 Å². The van der Waals surface area contributed by atoms with Crippen LogP contribution in [0.3, 0.4) is 0 Å². The van der Waals surface area contributed by atoms with Gasteiger partial charge in [-0.25, -0.2) is 0 Å². The Bertz CT molecular complexity index is 1130. The van der Waals surface area contributed by atoms with Crippen molar-refractivity contribution in [1.29, 1.82) is 0 Å². The Morgan fingerprint density at radius 3 is 2.38 bits per heavy atom. The van der Waals surface area contributed by atoms with Gasteiger partial charge in [-0.15, -0.1) is 0 Å². The molecule has 0 spiro atoms. The third-order valence-corrected chi connectivity index (χ3v) is 4.59. The maximum Gasteiger partial charge on any atom is 0.416 e. The van der Waals surface area contributed by atoms with Gasteiger partial charge in [0.05, 0.1) is 17.6 Å². The third-order valence-electron chi connectivity index (χ3n) is 4.59. The Hall–Kier alpha value is -4.08. The second-order valence-corrected chi connectivity index (χ2v) is 6.68. The first kappa shape index (κ1) is 22.6. The first-order chi connectivity index (χ1) is 15.2. The zero-order valence-corrected chi connectivity index (χ0v) is 16.8. The molecule has 3 aromatic carbocycles. The van der Waals surface area contributed by atoms with Crippen LogP contribution in [0.4, 0.5) is 30.2 Å². The van der Waals surface area contributed by atoms with Crippen LogP contribution in [0, 0.1) is 10.1 Å². The second-order valence-electron chi connectivity index (χ2n) is 6.68. The van der Waals surface area contributed by atoms with E-state index in [0.717, 1.165) is 35.9 Å². The molecule has 1 amide bonds. The van der Waals surface area contributed by atoms with E-state index in [1.807, 2.05) is 12.1 Å². The van der Waals surface area contributed by atoms with Gasteiger partial charge < -0.3 is 15.4 Å². The zero-order chi connectivity index (χ0) is 23.3. The largest absolute Gasteiger partial charge is 0.496 e. The Morgan fingerprint density at radius 1 is 1.06 bits per heavy atom. The molecule has 2 N–H and O–H groups in total. The summed E-state index contributed by atoms with van der Waals surface area (Å²) in [6.45, 7) is 0.252. The Morgan fingerprint density at radius 2 is 1.75 bits per heavy atom. The van der Waals surface area contributed by atoms with Gasteiger partial charge in [-0.3, -0.25) is 14.9 Å². The third kappa shape index (κ3) is 5.34. The highest BCUT2D eigenvalue weighted by Gasteiger charge is 2.30. The summed E-state index contributed by atoms with van der Waals surface area (Å²) in [5, 5.41) is 16.9. The van der Waals surface area contributed by atoms with Crippen molar-refractivity contribution in [2.75, 3.05) is 17.7 Å². The quantitative estimate of drug-likeness (QED) is 0.371. The summed E-state index contributed by atoms with van der Waals surface area (Å²) in [5.74, 6) is -0.0701. The van der Waals surface area contributed by atoms with Crippen LogP contribution >= 0.6 is 0 Å². The monoisotopic (exact) mass is 445 g/mol. The number of benzene rings is 3. The molecule has 0 unspecified atom stereocenters. The molecule has 166 valence electrons. The number of rotatable bonds is 7. The summed E-state index contributed by atoms with van der Waals surface area (Å²) in [6.07, 6.45) is -4.49. The highest BCUT2D eigenvalue weighted by atomic mass is 19.4. The minimum absolute atomic E-state index is 0.0144. The van der Waals surface area contributed by atoms with Gasteiger partial charge in [-0.05, 0) is 42.5 Å². The highest BCUT2D eigenvalue weighted by molar-refractivity contribution is 6.05. The predicted octanol–water partition coefficient (Wildman–Crippen LogP) is 5.49. The topological polar surface area (TPSA) is 93.5 Å². The molecule has 0 bridgehead atoms. The number of hydrogen-bond acceptors (Lipinski definition) is 5. The van der Waals surface area contributed by atoms with Crippen molar-refractivity contribution in [1.82, 2.24) is 0 Å². The molecule has 10 heteroatoms. The van der Waals surface area contributed by atoms with E-state index in [0.29, 0.717) is 5.75 Å². The number of methoxy groups -OCH3 is 1. The second kappa shape index (κ2) is 9.38. The lowest BCUT2D eigenvalue weighted by atomic mass is 10.1. The van der Waals surface area contributed by atoms with E-state index >= 15 is 0 Å². The highest BCUT2D eigenvalue weighted by Crippen LogP contribution is 2.30. The van der Waals surface area contributed by atoms with Gasteiger partial charge in [0, 0.05) is 29.4 Å². The number of para-hydroxylation sites is 1. The van der Waals surface area contributed by atoms with E-state index in [1.54, 1.807) is 12.1 Å². The summed E-state index contributed by atoms with van der Waals surface area (Å²) >= 11 is 0. The smallest absolute Gasteiger partial charge is 0.416 e. The number of anilines is 2. The number of nitro benzene ring substituents is 1. The fraction of sp³-hybridized carbons (Fsp3) is 0.136. The SMILES string of the molecule is COc1ccccc1CNc1ccc(C(=O)Nc2ccc(C(F)(F)F)cc2)cc1[N+](=O)[O-]. The van der Waals surface area contributed by atoms with Gasteiger partial charge in [0.2, 0.25) is 0 Å². The van der Waals surface area contributed by atoms with Crippen LogP contribution in [0.2, 0.25) is 0 Å². The number of ether oxygens (including phenoxy) is 1. The standard InChI is InChI=1S/C22H18F3N3O4/c1-32-20-5-3-2-4-15(20)13-26-18-11-6-14(12-19(18)28(30)31)21(29)27-17-9-7-16(8-10-17)22(23,24)25/h2-12,26H,13H2,1H3,(H,27,29). The predicted molar refractivity (Wildman–Crippen MR) is 113 cm³/mol. The molecule has 0 aromatic heterocycles. The van der Waals surface area contributed by atoms with Gasteiger partial charge in [-0.2, -0.15) is 13.2 Å². The number of halogens is 3. The summed E-state index contributed by atoms with van der Waals surface area (Å²) < 4.78 is 43.2. The zero-order valence-electron chi connectivity index (χ0n) is 16.8. The van der Waals surface area contributed by atoms with Gasteiger partial charge in [0.25, 0.3) is 11.6 Å². The molecule has 0 saturated carbocycles. The van der Waals surface area contributed by atoms with Crippen molar-refractivity contribution < 1.29 is 27.6 Å². The molecule has 0 fully saturated rings. The first-order valence-electron chi connectivity index (χ1n) is 9.32. The Kier molecular flexibility index (Phi) is 6.62. The molecule has 0 saturated heterocycles. The first-order valence-corrected chi connectivity index (χ1v) is 9.32. The molecule has 0 aliphatic rings. The number of hydrogen-bond donors (Lipinski definition) is 2. The lowest BCUT2D eigenvalue weighted by molar-refractivity contribution is -0.384. The molecule has 7 nitrogen and oxygen atoms in total. The van der Waals surface area contributed by atoms with Crippen LogP contribution in [0.5, 0.6) is 5.75 Å². The number of carbonyl (C=O) groups excluding carboxylic acids is 1. The van der Waals surface area contributed by atoms with Crippen molar-refractivity contribution in [2.45, 2.75) is 12.7 Å². The minimum Gasteiger partial charge on any atom is -0.496 e. The van der Waals surface area contributed by atoms with E-state index < -0.39 is 22.6 Å². The van der Waals surface area contributed by atoms with E-state index in [9.17, 15) is 28.1 Å². The molecular weight excluding hydrogens is 427 g/mol. The molecular formula is C22H18F3N3O4. The van der Waals surface area contributed by atoms with Gasteiger partial charge in [-0.1, -0.05) is 18.2 Å². The fourth-order valence-electron chi connectivity index (χ4n) is 2.96. The summed E-state index contributed by atoms with van der Waals surface area (Å²) in [6, 6.07) is 15.0. The van der Waals surface area contributed by atoms with Crippen LogP contribution in [-0.4, -0.2) is 17.9 Å². The molecule has 32 heavy (non-hydrogen) atoms. The molecule has 0 aliphatic heterocycles. The van der Waals surface area contributed by atoms with Gasteiger partial charge >= 0.3 is 6.18 Å². The van der Waals surface area contributed by atoms with E-state index in [2.05, 4.69) is 10.6 Å². The Labute approximate surface area is 181 Å². The minimum atomic E-state index is -4.49. The van der Waals surface area contributed by atoms with Crippen LogP contribution in [0.15, 0.2) is 66.7 Å². The average molecular weight is 445 g/mol. The lowest BCUT2D eigenvalue weighted by Gasteiger charge is -2.12. The van der Waals surface area contributed by atoms with E-state index in [-0.39, 0.29) is 29.2 Å². The molecule has 0 aliphatic carbocycles. The van der Waals surface area contributed by atoms with Crippen LogP contribution < -0.4 is 15.4 Å². The number of nitrogens with one attached hydrogen (secondary N) is 2. The molecule has 0 heterocycles. The van der Waals surface area contributed by atoms with Crippen LogP contribution in [0.1, 0.15) is 21.5 Å². The summed E-state index contributed by atoms with van der Waals surface area (Å²) in [7, 11) is 1.52. The lowest BCUT2D eigenvalue weighted by Crippen LogP contribution is -2.13. The van der Waals surface area contributed by atoms with Crippen LogP contribution in [0.25, 0.3) is 0 Å². The number of carbonyl (C=O) groups is 1. The number of nitrogens with zero attached hydrogens (tertiary/aromatic N) is 1. The number of amides is 1. The Balaban J connectivity index is 1.76. The van der Waals surface area contributed by atoms with Crippen molar-refractivity contribution in [3.05, 3.63) is 93.5 Å². The summed E-state index contributed by atoms with van der Waals surface area (Å²) in [4.78, 5) is 23.3. The fourth-order valence-corrected chi connectivity index (χ4v) is 2.96. The molecule has 0 atom stereocenters. The van der Waals surface area contributed by atoms with Crippen molar-refractivity contribution >= 4 is 23.0 Å². The van der Waals surface area contributed by atoms with Gasteiger partial charge in [0.1, 0.15) is 11.4 Å². The molecule has 3 rings (SSSR count). The maximum atomic E-state index is 12.7. The van der Waals surface area contributed by atoms with Crippen LogP contribution in [-0.2, 0) is 12.7 Å².